The van der Waals surface area contributed by atoms with E-state index in [4.69, 9.17) is 14.6 Å². The SMILES string of the molecule is COc1cc2nccc(N3CCC(N(C4CC4)S(=O)(=O)NC(=O)O)CC3)c2cc1OC. The van der Waals surface area contributed by atoms with Crippen molar-refractivity contribution in [2.45, 2.75) is 37.8 Å². The topological polar surface area (TPSA) is 121 Å². The van der Waals surface area contributed by atoms with Crippen LogP contribution in [0.5, 0.6) is 11.5 Å². The van der Waals surface area contributed by atoms with Gasteiger partial charge >= 0.3 is 16.3 Å². The first-order valence-electron chi connectivity index (χ1n) is 10.1. The molecule has 0 atom stereocenters. The monoisotopic (exact) mass is 450 g/mol. The Morgan fingerprint density at radius 1 is 1.13 bits per heavy atom. The van der Waals surface area contributed by atoms with Gasteiger partial charge in [0.2, 0.25) is 0 Å². The summed E-state index contributed by atoms with van der Waals surface area (Å²) in [6, 6.07) is 5.33. The van der Waals surface area contributed by atoms with Crippen LogP contribution < -0.4 is 19.1 Å². The molecule has 11 heteroatoms. The number of anilines is 1. The van der Waals surface area contributed by atoms with Gasteiger partial charge in [-0.2, -0.15) is 12.7 Å². The van der Waals surface area contributed by atoms with Crippen LogP contribution in [0.15, 0.2) is 24.4 Å². The zero-order valence-corrected chi connectivity index (χ0v) is 18.3. The number of fused-ring (bicyclic) bond motifs is 1. The van der Waals surface area contributed by atoms with Crippen LogP contribution in [0.3, 0.4) is 0 Å². The summed E-state index contributed by atoms with van der Waals surface area (Å²) in [6.45, 7) is 1.29. The molecule has 0 unspecified atom stereocenters. The van der Waals surface area contributed by atoms with E-state index in [0.29, 0.717) is 37.4 Å². The molecule has 31 heavy (non-hydrogen) atoms. The lowest BCUT2D eigenvalue weighted by molar-refractivity contribution is 0.198. The Morgan fingerprint density at radius 2 is 1.74 bits per heavy atom. The summed E-state index contributed by atoms with van der Waals surface area (Å²) < 4.78 is 39.0. The van der Waals surface area contributed by atoms with Crippen LogP contribution >= 0.6 is 0 Å². The van der Waals surface area contributed by atoms with Crippen molar-refractivity contribution in [1.29, 1.82) is 0 Å². The van der Waals surface area contributed by atoms with Gasteiger partial charge in [-0.05, 0) is 37.8 Å². The largest absolute Gasteiger partial charge is 0.493 e. The van der Waals surface area contributed by atoms with Gasteiger partial charge in [-0.3, -0.25) is 4.98 Å². The molecule has 1 aromatic carbocycles. The zero-order chi connectivity index (χ0) is 22.2. The predicted molar refractivity (Wildman–Crippen MR) is 115 cm³/mol. The highest BCUT2D eigenvalue weighted by atomic mass is 32.2. The molecular weight excluding hydrogens is 424 g/mol. The number of ether oxygens (including phenoxy) is 2. The number of benzene rings is 1. The number of pyridine rings is 1. The average molecular weight is 451 g/mol. The number of carbonyl (C=O) groups is 1. The molecule has 1 aliphatic carbocycles. The molecule has 1 amide bonds. The van der Waals surface area contributed by atoms with Crippen LogP contribution in [-0.4, -0.2) is 68.3 Å². The molecular formula is C20H26N4O6S. The van der Waals surface area contributed by atoms with E-state index in [-0.39, 0.29) is 12.1 Å². The summed E-state index contributed by atoms with van der Waals surface area (Å²) in [5.41, 5.74) is 1.78. The quantitative estimate of drug-likeness (QED) is 0.659. The number of nitrogens with zero attached hydrogens (tertiary/aromatic N) is 3. The minimum Gasteiger partial charge on any atom is -0.493 e. The van der Waals surface area contributed by atoms with Crippen LogP contribution in [0.1, 0.15) is 25.7 Å². The van der Waals surface area contributed by atoms with Gasteiger partial charge in [0.15, 0.2) is 11.5 Å². The molecule has 2 aromatic rings. The molecule has 10 nitrogen and oxygen atoms in total. The third-order valence-electron chi connectivity index (χ3n) is 5.79. The maximum absolute atomic E-state index is 12.6. The van der Waals surface area contributed by atoms with Crippen LogP contribution in [0.25, 0.3) is 10.9 Å². The number of rotatable bonds is 7. The van der Waals surface area contributed by atoms with Crippen molar-refractivity contribution >= 4 is 32.9 Å². The van der Waals surface area contributed by atoms with Crippen LogP contribution in [0.4, 0.5) is 10.5 Å². The van der Waals surface area contributed by atoms with Gasteiger partial charge in [-0.1, -0.05) is 0 Å². The third kappa shape index (κ3) is 4.33. The lowest BCUT2D eigenvalue weighted by Gasteiger charge is -2.38. The molecule has 2 heterocycles. The smallest absolute Gasteiger partial charge is 0.419 e. The minimum atomic E-state index is -4.07. The fraction of sp³-hybridized carbons (Fsp3) is 0.500. The predicted octanol–water partition coefficient (Wildman–Crippen LogP) is 2.20. The van der Waals surface area contributed by atoms with Gasteiger partial charge in [0.25, 0.3) is 0 Å². The molecule has 0 radical (unpaired) electrons. The number of methoxy groups -OCH3 is 2. The second-order valence-electron chi connectivity index (χ2n) is 7.75. The maximum atomic E-state index is 12.6. The Labute approximate surface area is 180 Å². The minimum absolute atomic E-state index is 0.119. The maximum Gasteiger partial charge on any atom is 0.419 e. The Hall–Kier alpha value is -2.79. The van der Waals surface area contributed by atoms with Crippen molar-refractivity contribution in [3.05, 3.63) is 24.4 Å². The van der Waals surface area contributed by atoms with Crippen LogP contribution in [0, 0.1) is 0 Å². The summed E-state index contributed by atoms with van der Waals surface area (Å²) in [5.74, 6) is 1.22. The summed E-state index contributed by atoms with van der Waals surface area (Å²) in [6.07, 6.45) is 2.92. The van der Waals surface area contributed by atoms with Gasteiger partial charge in [-0.15, -0.1) is 0 Å². The number of piperidine rings is 1. The van der Waals surface area contributed by atoms with E-state index in [9.17, 15) is 13.2 Å². The molecule has 2 aliphatic rings. The molecule has 1 saturated carbocycles. The number of hydrogen-bond acceptors (Lipinski definition) is 7. The Kier molecular flexibility index (Phi) is 5.80. The van der Waals surface area contributed by atoms with Crippen LogP contribution in [0.2, 0.25) is 0 Å². The second-order valence-corrected chi connectivity index (χ2v) is 9.32. The van der Waals surface area contributed by atoms with Gasteiger partial charge in [0.1, 0.15) is 0 Å². The van der Waals surface area contributed by atoms with E-state index < -0.39 is 16.3 Å². The van der Waals surface area contributed by atoms with Crippen molar-refractivity contribution in [2.24, 2.45) is 0 Å². The van der Waals surface area contributed by atoms with Gasteiger partial charge < -0.3 is 19.5 Å². The van der Waals surface area contributed by atoms with E-state index in [1.54, 1.807) is 25.1 Å². The van der Waals surface area contributed by atoms with E-state index in [2.05, 4.69) is 9.88 Å². The first-order valence-corrected chi connectivity index (χ1v) is 11.6. The highest BCUT2D eigenvalue weighted by Gasteiger charge is 2.43. The number of amides is 1. The zero-order valence-electron chi connectivity index (χ0n) is 17.4. The molecule has 0 bridgehead atoms. The van der Waals surface area contributed by atoms with E-state index in [1.807, 2.05) is 18.2 Å². The summed E-state index contributed by atoms with van der Waals surface area (Å²) in [5, 5.41) is 9.85. The molecule has 4 rings (SSSR count). The highest BCUT2D eigenvalue weighted by Crippen LogP contribution is 2.38. The fourth-order valence-electron chi connectivity index (χ4n) is 4.28. The van der Waals surface area contributed by atoms with Crippen molar-refractivity contribution < 1.29 is 27.8 Å². The Bertz CT molecular complexity index is 1080. The molecule has 168 valence electrons. The Morgan fingerprint density at radius 3 is 2.32 bits per heavy atom. The number of carboxylic acid groups (broad SMARTS) is 1. The molecule has 1 aliphatic heterocycles. The number of aromatic nitrogens is 1. The number of nitrogens with one attached hydrogen (secondary N) is 1. The summed E-state index contributed by atoms with van der Waals surface area (Å²) in [4.78, 5) is 17.6. The van der Waals surface area contributed by atoms with Crippen LogP contribution in [-0.2, 0) is 10.2 Å². The summed E-state index contributed by atoms with van der Waals surface area (Å²) >= 11 is 0. The molecule has 2 N–H and O–H groups in total. The number of hydrogen-bond donors (Lipinski definition) is 2. The van der Waals surface area contributed by atoms with Gasteiger partial charge in [0.05, 0.1) is 19.7 Å². The summed E-state index contributed by atoms with van der Waals surface area (Å²) in [7, 11) is -0.900. The standard InChI is InChI=1S/C20H26N4O6S/c1-29-18-11-15-16(12-19(18)30-2)21-8-5-17(15)23-9-6-14(7-10-23)24(13-3-4-13)31(27,28)22-20(25)26/h5,8,11-14,22H,3-4,6-7,9-10H2,1-2H3,(H,25,26). The molecule has 1 saturated heterocycles. The fourth-order valence-corrected chi connectivity index (χ4v) is 5.81. The van der Waals surface area contributed by atoms with Gasteiger partial charge in [0, 0.05) is 48.5 Å². The first-order chi connectivity index (χ1) is 14.8. The Balaban J connectivity index is 1.56. The first kappa shape index (κ1) is 21.4. The third-order valence-corrected chi connectivity index (χ3v) is 7.37. The van der Waals surface area contributed by atoms with Crippen molar-refractivity contribution in [1.82, 2.24) is 14.0 Å². The normalized spacial score (nSPS) is 17.7. The van der Waals surface area contributed by atoms with E-state index >= 15 is 0 Å². The average Bonchev–Trinajstić information content (AvgIpc) is 3.56. The highest BCUT2D eigenvalue weighted by molar-refractivity contribution is 7.87. The second kappa shape index (κ2) is 8.39. The molecule has 0 spiro atoms. The van der Waals surface area contributed by atoms with E-state index in [0.717, 1.165) is 29.4 Å². The molecule has 1 aromatic heterocycles. The van der Waals surface area contributed by atoms with E-state index in [1.165, 1.54) is 4.31 Å². The lowest BCUT2D eigenvalue weighted by Crippen LogP contribution is -2.52. The lowest BCUT2D eigenvalue weighted by atomic mass is 10.0. The van der Waals surface area contributed by atoms with Crippen molar-refractivity contribution in [2.75, 3.05) is 32.2 Å². The molecule has 2 fully saturated rings. The van der Waals surface area contributed by atoms with Gasteiger partial charge in [-0.25, -0.2) is 9.52 Å². The van der Waals surface area contributed by atoms with Crippen molar-refractivity contribution in [3.63, 3.8) is 0 Å². The van der Waals surface area contributed by atoms with Crippen molar-refractivity contribution in [3.8, 4) is 11.5 Å².